The first-order valence-corrected chi connectivity index (χ1v) is 15.3. The van der Waals surface area contributed by atoms with Gasteiger partial charge in [0.1, 0.15) is 12.4 Å². The van der Waals surface area contributed by atoms with Crippen molar-refractivity contribution in [3.05, 3.63) is 102 Å². The number of hydrogen-bond donors (Lipinski definition) is 3. The Morgan fingerprint density at radius 3 is 2.57 bits per heavy atom. The van der Waals surface area contributed by atoms with Gasteiger partial charge in [0.05, 0.1) is 40.0 Å². The Morgan fingerprint density at radius 1 is 1.13 bits per heavy atom. The fourth-order valence-corrected chi connectivity index (χ4v) is 5.49. The van der Waals surface area contributed by atoms with Gasteiger partial charge in [-0.1, -0.05) is 18.2 Å². The molecule has 15 heteroatoms. The summed E-state index contributed by atoms with van der Waals surface area (Å²) in [5, 5.41) is 21.3. The molecule has 0 aromatic heterocycles. The molecule has 0 bridgehead atoms. The van der Waals surface area contributed by atoms with Crippen LogP contribution in [0.3, 0.4) is 0 Å². The number of benzene rings is 3. The quantitative estimate of drug-likeness (QED) is 0.0555. The first-order chi connectivity index (χ1) is 22.1. The molecule has 1 aliphatic rings. The summed E-state index contributed by atoms with van der Waals surface area (Å²) < 4.78 is 23.2. The minimum Gasteiger partial charge on any atom is -0.493 e. The molecule has 3 N–H and O–H groups in total. The number of allylic oxidation sites excluding steroid dienone is 1. The standard InChI is InChI=1S/C31H30IN5O8S/c1-4-43-30(39)27-18(2)34-31(46)35-28(27)22-7-5-6-8-24(22)44-17-26(38)36-33-15-20-13-23(32)29(25(14-20)42-3)45-16-19-9-11-21(12-10-19)37(40)41/h5-15,28H,4,16-17H2,1-3H3,(H,36,38)(H2,34,35,46)/t28-/m0/s1. The molecule has 1 amide bonds. The molecule has 0 spiro atoms. The summed E-state index contributed by atoms with van der Waals surface area (Å²) in [5.41, 5.74) is 5.35. The van der Waals surface area contributed by atoms with Gasteiger partial charge in [-0.05, 0) is 90.1 Å². The zero-order valence-corrected chi connectivity index (χ0v) is 28.0. The third-order valence-electron chi connectivity index (χ3n) is 6.54. The van der Waals surface area contributed by atoms with Crippen LogP contribution in [-0.4, -0.2) is 48.5 Å². The van der Waals surface area contributed by atoms with E-state index in [1.807, 2.05) is 0 Å². The maximum atomic E-state index is 12.8. The maximum Gasteiger partial charge on any atom is 0.338 e. The number of nitro groups is 1. The number of para-hydroxylation sites is 1. The van der Waals surface area contributed by atoms with E-state index in [0.29, 0.717) is 44.8 Å². The number of halogens is 1. The number of amides is 1. The normalized spacial score (nSPS) is 14.3. The molecule has 3 aromatic carbocycles. The molecule has 1 aliphatic heterocycles. The molecule has 46 heavy (non-hydrogen) atoms. The number of nitrogens with zero attached hydrogens (tertiary/aromatic N) is 2. The van der Waals surface area contributed by atoms with Crippen molar-refractivity contribution < 1.29 is 33.5 Å². The van der Waals surface area contributed by atoms with Gasteiger partial charge in [0.25, 0.3) is 11.6 Å². The topological polar surface area (TPSA) is 163 Å². The smallest absolute Gasteiger partial charge is 0.338 e. The van der Waals surface area contributed by atoms with Crippen molar-refractivity contribution >= 4 is 63.7 Å². The van der Waals surface area contributed by atoms with Crippen LogP contribution in [0.2, 0.25) is 0 Å². The van der Waals surface area contributed by atoms with Crippen LogP contribution in [0.25, 0.3) is 0 Å². The van der Waals surface area contributed by atoms with E-state index in [1.165, 1.54) is 25.5 Å². The van der Waals surface area contributed by atoms with Gasteiger partial charge in [-0.2, -0.15) is 5.10 Å². The third kappa shape index (κ3) is 8.69. The van der Waals surface area contributed by atoms with Crippen LogP contribution in [0.15, 0.2) is 77.0 Å². The molecule has 13 nitrogen and oxygen atoms in total. The second-order valence-corrected chi connectivity index (χ2v) is 11.2. The molecule has 0 saturated heterocycles. The number of ether oxygens (including phenoxy) is 4. The van der Waals surface area contributed by atoms with E-state index in [1.54, 1.807) is 62.4 Å². The molecule has 4 rings (SSSR count). The van der Waals surface area contributed by atoms with Crippen LogP contribution in [0.5, 0.6) is 17.2 Å². The van der Waals surface area contributed by atoms with Crippen molar-refractivity contribution in [2.45, 2.75) is 26.5 Å². The number of thiocarbonyl (C=S) groups is 1. The van der Waals surface area contributed by atoms with Crippen LogP contribution in [0.4, 0.5) is 5.69 Å². The zero-order valence-electron chi connectivity index (χ0n) is 25.0. The van der Waals surface area contributed by atoms with Gasteiger partial charge in [-0.3, -0.25) is 14.9 Å². The zero-order chi connectivity index (χ0) is 33.2. The molecule has 0 saturated carbocycles. The molecule has 0 unspecified atom stereocenters. The fourth-order valence-electron chi connectivity index (χ4n) is 4.44. The predicted octanol–water partition coefficient (Wildman–Crippen LogP) is 4.67. The Hall–Kier alpha value is -4.77. The third-order valence-corrected chi connectivity index (χ3v) is 7.56. The lowest BCUT2D eigenvalue weighted by atomic mass is 9.95. The lowest BCUT2D eigenvalue weighted by Gasteiger charge is -2.30. The minimum absolute atomic E-state index is 0.000198. The Kier molecular flexibility index (Phi) is 11.9. The first-order valence-electron chi connectivity index (χ1n) is 13.8. The van der Waals surface area contributed by atoms with Crippen LogP contribution >= 0.6 is 34.8 Å². The van der Waals surface area contributed by atoms with E-state index in [0.717, 1.165) is 9.13 Å². The van der Waals surface area contributed by atoms with Gasteiger partial charge in [0, 0.05) is 23.4 Å². The van der Waals surface area contributed by atoms with Crippen LogP contribution in [-0.2, 0) is 20.9 Å². The van der Waals surface area contributed by atoms with Crippen molar-refractivity contribution in [3.8, 4) is 17.2 Å². The van der Waals surface area contributed by atoms with Gasteiger partial charge in [-0.15, -0.1) is 0 Å². The summed E-state index contributed by atoms with van der Waals surface area (Å²) in [5.74, 6) is 0.308. The van der Waals surface area contributed by atoms with Gasteiger partial charge in [-0.25, -0.2) is 10.2 Å². The fraction of sp³-hybridized carbons (Fsp3) is 0.226. The van der Waals surface area contributed by atoms with E-state index in [-0.39, 0.29) is 25.5 Å². The average Bonchev–Trinajstić information content (AvgIpc) is 3.03. The second kappa shape index (κ2) is 16.0. The van der Waals surface area contributed by atoms with Crippen molar-refractivity contribution in [1.82, 2.24) is 16.1 Å². The summed E-state index contributed by atoms with van der Waals surface area (Å²) in [6.07, 6.45) is 1.45. The number of carbonyl (C=O) groups excluding carboxylic acids is 2. The van der Waals surface area contributed by atoms with Crippen molar-refractivity contribution in [1.29, 1.82) is 0 Å². The maximum absolute atomic E-state index is 12.8. The minimum atomic E-state index is -0.649. The van der Waals surface area contributed by atoms with Crippen molar-refractivity contribution in [2.24, 2.45) is 5.10 Å². The molecule has 0 radical (unpaired) electrons. The van der Waals surface area contributed by atoms with Crippen molar-refractivity contribution in [3.63, 3.8) is 0 Å². The predicted molar refractivity (Wildman–Crippen MR) is 182 cm³/mol. The second-order valence-electron chi connectivity index (χ2n) is 9.66. The number of hydrogen-bond acceptors (Lipinski definition) is 10. The van der Waals surface area contributed by atoms with Gasteiger partial charge in [0.2, 0.25) is 0 Å². The lowest BCUT2D eigenvalue weighted by molar-refractivity contribution is -0.384. The highest BCUT2D eigenvalue weighted by Crippen LogP contribution is 2.35. The van der Waals surface area contributed by atoms with Crippen LogP contribution in [0, 0.1) is 13.7 Å². The number of nitrogens with one attached hydrogen (secondary N) is 3. The Bertz CT molecular complexity index is 1700. The largest absolute Gasteiger partial charge is 0.493 e. The van der Waals surface area contributed by atoms with E-state index in [4.69, 9.17) is 31.2 Å². The van der Waals surface area contributed by atoms with Crippen molar-refractivity contribution in [2.75, 3.05) is 20.3 Å². The highest BCUT2D eigenvalue weighted by Gasteiger charge is 2.32. The summed E-state index contributed by atoms with van der Waals surface area (Å²) in [6.45, 7) is 3.50. The van der Waals surface area contributed by atoms with Gasteiger partial charge < -0.3 is 29.6 Å². The highest BCUT2D eigenvalue weighted by molar-refractivity contribution is 14.1. The van der Waals surface area contributed by atoms with Crippen LogP contribution < -0.4 is 30.3 Å². The SMILES string of the molecule is CCOC(=O)C1=C(C)NC(=S)N[C@H]1c1ccccc1OCC(=O)NN=Cc1cc(I)c(OCc2ccc([N+](=O)[O-])cc2)c(OC)c1. The first kappa shape index (κ1) is 34.1. The Balaban J connectivity index is 1.38. The van der Waals surface area contributed by atoms with E-state index in [9.17, 15) is 19.7 Å². The number of non-ortho nitro benzene ring substituents is 1. The Morgan fingerprint density at radius 2 is 1.87 bits per heavy atom. The number of methoxy groups -OCH3 is 1. The molecule has 240 valence electrons. The molecular formula is C31H30IN5O8S. The summed E-state index contributed by atoms with van der Waals surface area (Å²) in [4.78, 5) is 35.8. The lowest BCUT2D eigenvalue weighted by Crippen LogP contribution is -2.45. The van der Waals surface area contributed by atoms with Gasteiger partial charge >= 0.3 is 5.97 Å². The molecule has 3 aromatic rings. The number of hydrazone groups is 1. The summed E-state index contributed by atoms with van der Waals surface area (Å²) >= 11 is 7.41. The Labute approximate surface area is 283 Å². The van der Waals surface area contributed by atoms with E-state index >= 15 is 0 Å². The number of esters is 1. The molecule has 1 atom stereocenters. The average molecular weight is 760 g/mol. The number of nitro benzene ring substituents is 1. The van der Waals surface area contributed by atoms with Gasteiger partial charge in [0.15, 0.2) is 23.2 Å². The molecule has 0 aliphatic carbocycles. The highest BCUT2D eigenvalue weighted by atomic mass is 127. The number of rotatable bonds is 13. The number of carbonyl (C=O) groups is 2. The summed E-state index contributed by atoms with van der Waals surface area (Å²) in [7, 11) is 1.50. The van der Waals surface area contributed by atoms with Crippen LogP contribution in [0.1, 0.15) is 36.6 Å². The summed E-state index contributed by atoms with van der Waals surface area (Å²) in [6, 6.07) is 15.9. The molecule has 1 heterocycles. The van der Waals surface area contributed by atoms with E-state index < -0.39 is 22.8 Å². The van der Waals surface area contributed by atoms with E-state index in [2.05, 4.69) is 43.8 Å². The monoisotopic (exact) mass is 759 g/mol. The molecular weight excluding hydrogens is 729 g/mol. The molecule has 0 fully saturated rings.